The highest BCUT2D eigenvalue weighted by atomic mass is 35.5. The van der Waals surface area contributed by atoms with Crippen LogP contribution in [0.4, 0.5) is 0 Å². The van der Waals surface area contributed by atoms with E-state index in [1.807, 2.05) is 36.4 Å². The smallest absolute Gasteiger partial charge is 0.119 e. The lowest BCUT2D eigenvalue weighted by Crippen LogP contribution is -2.34. The monoisotopic (exact) mass is 466 g/mol. The topological polar surface area (TPSA) is 77.4 Å². The maximum Gasteiger partial charge on any atom is 0.119 e. The number of aliphatic hydroxyl groups excluding tert-OH is 1. The molecule has 178 valence electrons. The summed E-state index contributed by atoms with van der Waals surface area (Å²) in [6.07, 6.45) is 0. The molecule has 0 saturated carbocycles. The minimum Gasteiger partial charge on any atom is -0.491 e. The molecule has 0 amide bonds. The number of alkyl halides is 1. The summed E-state index contributed by atoms with van der Waals surface area (Å²) in [6.45, 7) is 8.36. The van der Waals surface area contributed by atoms with Crippen molar-refractivity contribution in [2.24, 2.45) is 0 Å². The van der Waals surface area contributed by atoms with Gasteiger partial charge in [0.1, 0.15) is 30.3 Å². The first-order chi connectivity index (χ1) is 15.3. The predicted molar refractivity (Wildman–Crippen MR) is 126 cm³/mol. The quantitative estimate of drug-likeness (QED) is 0.307. The fourth-order valence-corrected chi connectivity index (χ4v) is 3.06. The minimum atomic E-state index is -1.05. The van der Waals surface area contributed by atoms with Crippen LogP contribution in [-0.4, -0.2) is 67.9 Å². The average Bonchev–Trinajstić information content (AvgIpc) is 2.80. The van der Waals surface area contributed by atoms with Crippen LogP contribution in [0.1, 0.15) is 31.9 Å². The first kappa shape index (κ1) is 26.4. The number of halogens is 1. The van der Waals surface area contributed by atoms with Gasteiger partial charge < -0.3 is 29.2 Å². The molecule has 0 saturated heterocycles. The molecule has 2 N–H and O–H groups in total. The lowest BCUT2D eigenvalue weighted by molar-refractivity contribution is 0.0247. The maximum atomic E-state index is 9.97. The molecular formula is C25H35ClO6. The molecule has 0 bridgehead atoms. The fraction of sp³-hybridized carbons (Fsp3) is 0.520. The number of hydrogen-bond donors (Lipinski definition) is 2. The Kier molecular flexibility index (Phi) is 10.7. The second-order valence-electron chi connectivity index (χ2n) is 8.39. The van der Waals surface area contributed by atoms with Gasteiger partial charge in [0.25, 0.3) is 0 Å². The van der Waals surface area contributed by atoms with Crippen molar-refractivity contribution >= 4 is 11.6 Å². The Morgan fingerprint density at radius 3 is 1.69 bits per heavy atom. The van der Waals surface area contributed by atoms with Crippen LogP contribution in [0.5, 0.6) is 11.5 Å². The Balaban J connectivity index is 1.84. The summed E-state index contributed by atoms with van der Waals surface area (Å²) < 4.78 is 21.9. The van der Waals surface area contributed by atoms with Crippen LogP contribution in [0.3, 0.4) is 0 Å². The molecule has 0 fully saturated rings. The van der Waals surface area contributed by atoms with Crippen molar-refractivity contribution in [3.05, 3.63) is 59.7 Å². The molecule has 2 aromatic carbocycles. The van der Waals surface area contributed by atoms with E-state index in [4.69, 9.17) is 35.7 Å². The van der Waals surface area contributed by atoms with Gasteiger partial charge in [-0.15, -0.1) is 11.6 Å². The minimum absolute atomic E-state index is 0.0226. The lowest BCUT2D eigenvalue weighted by Gasteiger charge is -2.27. The molecule has 7 heteroatoms. The van der Waals surface area contributed by atoms with E-state index in [9.17, 15) is 5.11 Å². The van der Waals surface area contributed by atoms with Crippen LogP contribution in [0.25, 0.3) is 0 Å². The summed E-state index contributed by atoms with van der Waals surface area (Å²) in [6, 6.07) is 16.0. The van der Waals surface area contributed by atoms with Gasteiger partial charge >= 0.3 is 0 Å². The van der Waals surface area contributed by atoms with E-state index in [2.05, 4.69) is 26.0 Å². The van der Waals surface area contributed by atoms with E-state index >= 15 is 0 Å². The second kappa shape index (κ2) is 13.0. The van der Waals surface area contributed by atoms with Crippen molar-refractivity contribution < 1.29 is 29.2 Å². The zero-order valence-electron chi connectivity index (χ0n) is 19.2. The summed E-state index contributed by atoms with van der Waals surface area (Å²) in [5, 5.41) is 18.6. The first-order valence-electron chi connectivity index (χ1n) is 10.8. The van der Waals surface area contributed by atoms with Crippen molar-refractivity contribution in [2.75, 3.05) is 52.1 Å². The Morgan fingerprint density at radius 1 is 0.719 bits per heavy atom. The Labute approximate surface area is 196 Å². The molecule has 0 unspecified atom stereocenters. The highest BCUT2D eigenvalue weighted by molar-refractivity contribution is 6.18. The van der Waals surface area contributed by atoms with Crippen molar-refractivity contribution in [1.29, 1.82) is 0 Å². The summed E-state index contributed by atoms with van der Waals surface area (Å²) in [4.78, 5) is 0. The van der Waals surface area contributed by atoms with E-state index in [1.54, 1.807) is 6.92 Å². The molecular weight excluding hydrogens is 432 g/mol. The normalized spacial score (nSPS) is 13.6. The number of hydrogen-bond acceptors (Lipinski definition) is 6. The summed E-state index contributed by atoms with van der Waals surface area (Å²) in [5.41, 5.74) is 1.07. The van der Waals surface area contributed by atoms with E-state index in [0.29, 0.717) is 38.8 Å². The zero-order chi connectivity index (χ0) is 23.5. The van der Waals surface area contributed by atoms with Gasteiger partial charge in [-0.25, -0.2) is 0 Å². The largest absolute Gasteiger partial charge is 0.491 e. The zero-order valence-corrected chi connectivity index (χ0v) is 19.9. The van der Waals surface area contributed by atoms with Gasteiger partial charge in [0.15, 0.2) is 0 Å². The lowest BCUT2D eigenvalue weighted by atomic mass is 9.78. The van der Waals surface area contributed by atoms with Crippen molar-refractivity contribution in [2.45, 2.75) is 31.8 Å². The molecule has 0 aliphatic heterocycles. The maximum absolute atomic E-state index is 9.97. The van der Waals surface area contributed by atoms with Crippen LogP contribution in [-0.2, 0) is 14.9 Å². The van der Waals surface area contributed by atoms with Crippen LogP contribution in [0, 0.1) is 0 Å². The number of aliphatic hydroxyl groups is 2. The van der Waals surface area contributed by atoms with Gasteiger partial charge in [0.2, 0.25) is 0 Å². The Bertz CT molecular complexity index is 774. The summed E-state index contributed by atoms with van der Waals surface area (Å²) in [5.74, 6) is 1.60. The third-order valence-electron chi connectivity index (χ3n) is 5.09. The number of benzene rings is 2. The van der Waals surface area contributed by atoms with Crippen LogP contribution >= 0.6 is 11.6 Å². The molecule has 2 aromatic rings. The number of rotatable bonds is 15. The van der Waals surface area contributed by atoms with E-state index in [0.717, 1.165) is 11.3 Å². The van der Waals surface area contributed by atoms with Gasteiger partial charge in [-0.1, -0.05) is 38.1 Å². The van der Waals surface area contributed by atoms with Gasteiger partial charge in [-0.2, -0.15) is 0 Å². The van der Waals surface area contributed by atoms with Crippen LogP contribution in [0.15, 0.2) is 48.5 Å². The van der Waals surface area contributed by atoms with Crippen LogP contribution in [0.2, 0.25) is 0 Å². The van der Waals surface area contributed by atoms with E-state index in [-0.39, 0.29) is 24.5 Å². The Hall–Kier alpha value is -1.83. The standard InChI is InChI=1S/C25H35ClO6/c1-24(2,21-6-10-23(11-7-21)32-19-25(3,28)18-26)20-4-8-22(9-5-20)31-17-16-30-15-14-29-13-12-27/h4-11,27-28H,12-19H2,1-3H3/t25-/m0/s1. The van der Waals surface area contributed by atoms with Crippen molar-refractivity contribution in [3.63, 3.8) is 0 Å². The summed E-state index contributed by atoms with van der Waals surface area (Å²) >= 11 is 5.73. The molecule has 32 heavy (non-hydrogen) atoms. The fourth-order valence-electron chi connectivity index (χ4n) is 2.98. The molecule has 6 nitrogen and oxygen atoms in total. The third-order valence-corrected chi connectivity index (χ3v) is 5.67. The summed E-state index contributed by atoms with van der Waals surface area (Å²) in [7, 11) is 0. The molecule has 0 radical (unpaired) electrons. The predicted octanol–water partition coefficient (Wildman–Crippen LogP) is 3.79. The SMILES string of the molecule is CC(C)(c1ccc(OCCOCCOCCO)cc1)c1ccc(OC[C@@](C)(O)CCl)cc1. The van der Waals surface area contributed by atoms with Gasteiger partial charge in [0.05, 0.1) is 38.9 Å². The van der Waals surface area contributed by atoms with Crippen molar-refractivity contribution in [3.8, 4) is 11.5 Å². The van der Waals surface area contributed by atoms with E-state index < -0.39 is 5.60 Å². The highest BCUT2D eigenvalue weighted by Gasteiger charge is 2.24. The molecule has 0 spiro atoms. The van der Waals surface area contributed by atoms with Gasteiger partial charge in [-0.05, 0) is 42.3 Å². The molecule has 2 rings (SSSR count). The second-order valence-corrected chi connectivity index (χ2v) is 8.66. The number of ether oxygens (including phenoxy) is 4. The average molecular weight is 467 g/mol. The third kappa shape index (κ3) is 8.60. The van der Waals surface area contributed by atoms with Crippen molar-refractivity contribution in [1.82, 2.24) is 0 Å². The Morgan fingerprint density at radius 2 is 1.19 bits per heavy atom. The molecule has 1 atom stereocenters. The van der Waals surface area contributed by atoms with E-state index in [1.165, 1.54) is 5.56 Å². The van der Waals surface area contributed by atoms with Gasteiger partial charge in [0, 0.05) is 5.41 Å². The molecule has 0 heterocycles. The molecule has 0 aliphatic carbocycles. The van der Waals surface area contributed by atoms with Gasteiger partial charge in [-0.3, -0.25) is 0 Å². The molecule has 0 aliphatic rings. The van der Waals surface area contributed by atoms with Crippen LogP contribution < -0.4 is 9.47 Å². The first-order valence-corrected chi connectivity index (χ1v) is 11.3. The highest BCUT2D eigenvalue weighted by Crippen LogP contribution is 2.33. The molecule has 0 aromatic heterocycles.